The Morgan fingerprint density at radius 2 is 1.66 bits per heavy atom. The molecule has 6 heteroatoms. The molecule has 0 aliphatic carbocycles. The molecule has 0 radical (unpaired) electrons. The van der Waals surface area contributed by atoms with Crippen LogP contribution in [-0.4, -0.2) is 79.6 Å². The van der Waals surface area contributed by atoms with Crippen molar-refractivity contribution in [2.75, 3.05) is 58.4 Å². The van der Waals surface area contributed by atoms with Crippen molar-refractivity contribution >= 4 is 22.9 Å². The lowest BCUT2D eigenvalue weighted by molar-refractivity contribution is -0.133. The number of benzene rings is 2. The summed E-state index contributed by atoms with van der Waals surface area (Å²) in [5, 5.41) is 2.15. The van der Waals surface area contributed by atoms with Gasteiger partial charge in [0.25, 0.3) is 0 Å². The first kappa shape index (κ1) is 24.0. The molecule has 184 valence electrons. The summed E-state index contributed by atoms with van der Waals surface area (Å²) in [5.74, 6) is 0.311. The van der Waals surface area contributed by atoms with E-state index in [1.54, 1.807) is 11.3 Å². The second kappa shape index (κ2) is 10.5. The van der Waals surface area contributed by atoms with Gasteiger partial charge in [-0.3, -0.25) is 4.79 Å². The van der Waals surface area contributed by atoms with Crippen LogP contribution in [-0.2, 0) is 11.2 Å². The minimum atomic E-state index is -0.418. The summed E-state index contributed by atoms with van der Waals surface area (Å²) in [6, 6.07) is 23.6. The van der Waals surface area contributed by atoms with E-state index in [2.05, 4.69) is 106 Å². The standard InChI is InChI=1S/C29H36N4OS/c1-30(2)20-21-32-23-33(25-10-4-3-5-11-25)29(28(32)34)15-18-31(19-16-29)17-14-24-9-6-7-12-26(24)27-13-8-22-35-27/h3-13,22H,14-21,23H2,1-2H3. The highest BCUT2D eigenvalue weighted by atomic mass is 32.1. The molecule has 0 bridgehead atoms. The zero-order chi connectivity index (χ0) is 24.3. The molecule has 2 aliphatic heterocycles. The molecule has 35 heavy (non-hydrogen) atoms. The molecule has 5 rings (SSSR count). The average molecular weight is 489 g/mol. The Morgan fingerprint density at radius 3 is 2.37 bits per heavy atom. The van der Waals surface area contributed by atoms with Gasteiger partial charge in [-0.2, -0.15) is 0 Å². The summed E-state index contributed by atoms with van der Waals surface area (Å²) < 4.78 is 0. The fourth-order valence-corrected chi connectivity index (χ4v) is 6.32. The maximum absolute atomic E-state index is 13.8. The Kier molecular flexibility index (Phi) is 7.23. The molecule has 0 saturated carbocycles. The Bertz CT molecular complexity index is 1110. The van der Waals surface area contributed by atoms with Gasteiger partial charge in [0.15, 0.2) is 0 Å². The van der Waals surface area contributed by atoms with Crippen molar-refractivity contribution in [2.24, 2.45) is 0 Å². The fraction of sp³-hybridized carbons (Fsp3) is 0.414. The number of thiophene rings is 1. The minimum absolute atomic E-state index is 0.311. The molecule has 1 amide bonds. The zero-order valence-electron chi connectivity index (χ0n) is 20.9. The van der Waals surface area contributed by atoms with Gasteiger partial charge in [-0.15, -0.1) is 11.3 Å². The fourth-order valence-electron chi connectivity index (χ4n) is 5.53. The summed E-state index contributed by atoms with van der Waals surface area (Å²) in [7, 11) is 4.14. The maximum Gasteiger partial charge on any atom is 0.250 e. The second-order valence-corrected chi connectivity index (χ2v) is 11.0. The molecule has 2 fully saturated rings. The maximum atomic E-state index is 13.8. The number of hydrogen-bond donors (Lipinski definition) is 0. The lowest BCUT2D eigenvalue weighted by atomic mass is 9.85. The molecular formula is C29H36N4OS. The number of likely N-dealkylation sites (N-methyl/N-ethyl adjacent to an activating group) is 1. The van der Waals surface area contributed by atoms with E-state index in [1.165, 1.54) is 16.0 Å². The van der Waals surface area contributed by atoms with Crippen LogP contribution in [0.25, 0.3) is 10.4 Å². The quantitative estimate of drug-likeness (QED) is 0.461. The van der Waals surface area contributed by atoms with Crippen LogP contribution < -0.4 is 4.90 Å². The molecule has 5 nitrogen and oxygen atoms in total. The van der Waals surface area contributed by atoms with Crippen LogP contribution in [0.3, 0.4) is 0 Å². The third-order valence-corrected chi connectivity index (χ3v) is 8.49. The minimum Gasteiger partial charge on any atom is -0.339 e. The van der Waals surface area contributed by atoms with Crippen LogP contribution in [0.1, 0.15) is 18.4 Å². The van der Waals surface area contributed by atoms with Crippen molar-refractivity contribution < 1.29 is 4.79 Å². The lowest BCUT2D eigenvalue weighted by Crippen LogP contribution is -2.56. The van der Waals surface area contributed by atoms with E-state index in [-0.39, 0.29) is 0 Å². The predicted octanol–water partition coefficient (Wildman–Crippen LogP) is 4.66. The number of carbonyl (C=O) groups excluding carboxylic acids is 1. The van der Waals surface area contributed by atoms with Gasteiger partial charge in [0, 0.05) is 43.3 Å². The van der Waals surface area contributed by atoms with Crippen LogP contribution in [0.5, 0.6) is 0 Å². The molecule has 2 saturated heterocycles. The second-order valence-electron chi connectivity index (χ2n) is 10.0. The number of likely N-dealkylation sites (tertiary alicyclic amines) is 1. The van der Waals surface area contributed by atoms with E-state index < -0.39 is 5.54 Å². The van der Waals surface area contributed by atoms with Crippen LogP contribution in [0.4, 0.5) is 5.69 Å². The Labute approximate surface area is 213 Å². The van der Waals surface area contributed by atoms with Crippen molar-refractivity contribution in [3.8, 4) is 10.4 Å². The number of nitrogens with zero attached hydrogens (tertiary/aromatic N) is 4. The highest BCUT2D eigenvalue weighted by molar-refractivity contribution is 7.13. The zero-order valence-corrected chi connectivity index (χ0v) is 21.7. The molecule has 1 aromatic heterocycles. The van der Waals surface area contributed by atoms with Crippen molar-refractivity contribution in [2.45, 2.75) is 24.8 Å². The number of rotatable bonds is 8. The summed E-state index contributed by atoms with van der Waals surface area (Å²) in [4.78, 5) is 24.3. The molecule has 0 unspecified atom stereocenters. The third-order valence-electron chi connectivity index (χ3n) is 7.58. The van der Waals surface area contributed by atoms with Crippen molar-refractivity contribution in [1.29, 1.82) is 0 Å². The average Bonchev–Trinajstić information content (AvgIpc) is 3.51. The summed E-state index contributed by atoms with van der Waals surface area (Å²) in [6.45, 7) is 5.29. The van der Waals surface area contributed by atoms with Gasteiger partial charge in [0.1, 0.15) is 5.54 Å². The predicted molar refractivity (Wildman–Crippen MR) is 146 cm³/mol. The van der Waals surface area contributed by atoms with Crippen LogP contribution >= 0.6 is 11.3 Å². The molecule has 3 aromatic rings. The first-order chi connectivity index (χ1) is 17.1. The normalized spacial score (nSPS) is 18.2. The van der Waals surface area contributed by atoms with E-state index >= 15 is 0 Å². The van der Waals surface area contributed by atoms with E-state index in [0.29, 0.717) is 12.6 Å². The highest BCUT2D eigenvalue weighted by Gasteiger charge is 2.53. The molecule has 2 aromatic carbocycles. The molecule has 3 heterocycles. The largest absolute Gasteiger partial charge is 0.339 e. The Morgan fingerprint density at radius 1 is 0.914 bits per heavy atom. The summed E-state index contributed by atoms with van der Waals surface area (Å²) in [5.41, 5.74) is 3.51. The van der Waals surface area contributed by atoms with Gasteiger partial charge >= 0.3 is 0 Å². The van der Waals surface area contributed by atoms with Gasteiger partial charge in [-0.25, -0.2) is 0 Å². The van der Waals surface area contributed by atoms with Crippen LogP contribution in [0.15, 0.2) is 72.1 Å². The smallest absolute Gasteiger partial charge is 0.250 e. The number of anilines is 1. The third kappa shape index (κ3) is 5.01. The van der Waals surface area contributed by atoms with Crippen LogP contribution in [0, 0.1) is 0 Å². The van der Waals surface area contributed by atoms with E-state index in [1.807, 2.05) is 0 Å². The first-order valence-electron chi connectivity index (χ1n) is 12.7. The van der Waals surface area contributed by atoms with E-state index in [9.17, 15) is 4.79 Å². The molecular weight excluding hydrogens is 452 g/mol. The molecule has 1 spiro atoms. The van der Waals surface area contributed by atoms with Gasteiger partial charge in [0.05, 0.1) is 6.67 Å². The first-order valence-corrected chi connectivity index (χ1v) is 13.6. The topological polar surface area (TPSA) is 30.0 Å². The number of carbonyl (C=O) groups is 1. The van der Waals surface area contributed by atoms with Crippen molar-refractivity contribution in [1.82, 2.24) is 14.7 Å². The van der Waals surface area contributed by atoms with Crippen molar-refractivity contribution in [3.05, 3.63) is 77.7 Å². The SMILES string of the molecule is CN(C)CCN1CN(c2ccccc2)C2(CCN(CCc3ccccc3-c3cccs3)CC2)C1=O. The highest BCUT2D eigenvalue weighted by Crippen LogP contribution is 2.39. The van der Waals surface area contributed by atoms with E-state index in [4.69, 9.17) is 0 Å². The van der Waals surface area contributed by atoms with Gasteiger partial charge in [-0.05, 0) is 68.1 Å². The summed E-state index contributed by atoms with van der Waals surface area (Å²) >= 11 is 1.80. The number of piperidine rings is 1. The molecule has 0 atom stereocenters. The monoisotopic (exact) mass is 488 g/mol. The molecule has 0 N–H and O–H groups in total. The van der Waals surface area contributed by atoms with Gasteiger partial charge < -0.3 is 19.6 Å². The number of hydrogen-bond acceptors (Lipinski definition) is 5. The van der Waals surface area contributed by atoms with Crippen LogP contribution in [0.2, 0.25) is 0 Å². The number of amides is 1. The Balaban J connectivity index is 1.28. The molecule has 2 aliphatic rings. The lowest BCUT2D eigenvalue weighted by Gasteiger charge is -2.43. The van der Waals surface area contributed by atoms with Gasteiger partial charge in [0.2, 0.25) is 5.91 Å². The van der Waals surface area contributed by atoms with Crippen molar-refractivity contribution in [3.63, 3.8) is 0 Å². The van der Waals surface area contributed by atoms with E-state index in [0.717, 1.165) is 57.7 Å². The summed E-state index contributed by atoms with van der Waals surface area (Å²) in [6.07, 6.45) is 2.80. The number of para-hydroxylation sites is 1. The Hall–Kier alpha value is -2.67. The van der Waals surface area contributed by atoms with Gasteiger partial charge in [-0.1, -0.05) is 48.5 Å².